The molecule has 7 heteroatoms. The number of hydrogen-bond donors (Lipinski definition) is 3. The number of carbonyl (C=O) groups excluding carboxylic acids is 1. The van der Waals surface area contributed by atoms with Crippen LogP contribution in [-0.4, -0.2) is 51.4 Å². The number of ketones is 1. The molecule has 2 bridgehead atoms. The number of carboxylic acids is 2. The first-order valence-electron chi connectivity index (χ1n) is 12.7. The van der Waals surface area contributed by atoms with Crippen LogP contribution in [-0.2, 0) is 19.1 Å². The van der Waals surface area contributed by atoms with E-state index in [1.165, 1.54) is 0 Å². The first-order chi connectivity index (χ1) is 15.7. The Bertz CT molecular complexity index is 939. The molecule has 0 spiro atoms. The van der Waals surface area contributed by atoms with Crippen LogP contribution >= 0.6 is 0 Å². The highest BCUT2D eigenvalue weighted by atomic mass is 16.5. The molecule has 0 amide bonds. The number of aliphatic hydroxyl groups is 1. The molecule has 1 saturated heterocycles. The summed E-state index contributed by atoms with van der Waals surface area (Å²) >= 11 is 0. The van der Waals surface area contributed by atoms with Crippen LogP contribution in [0, 0.1) is 34.0 Å². The van der Waals surface area contributed by atoms with Gasteiger partial charge in [-0.25, -0.2) is 0 Å². The van der Waals surface area contributed by atoms with E-state index < -0.39 is 23.0 Å². The van der Waals surface area contributed by atoms with Crippen molar-refractivity contribution in [2.24, 2.45) is 34.0 Å². The highest BCUT2D eigenvalue weighted by molar-refractivity contribution is 6.00. The molecule has 3 aliphatic carbocycles. The van der Waals surface area contributed by atoms with Crippen LogP contribution in [0.1, 0.15) is 86.0 Å². The predicted molar refractivity (Wildman–Crippen MR) is 125 cm³/mol. The van der Waals surface area contributed by atoms with Gasteiger partial charge in [0.2, 0.25) is 0 Å². The number of carbonyl (C=O) groups is 3. The van der Waals surface area contributed by atoms with E-state index in [0.29, 0.717) is 25.7 Å². The number of fused-ring (bicyclic) bond motifs is 5. The maximum atomic E-state index is 14.0. The molecule has 0 radical (unpaired) electrons. The predicted octanol–water partition coefficient (Wildman–Crippen LogP) is 4.22. The van der Waals surface area contributed by atoms with Gasteiger partial charge in [0.25, 0.3) is 0 Å². The van der Waals surface area contributed by atoms with Gasteiger partial charge in [0, 0.05) is 36.2 Å². The van der Waals surface area contributed by atoms with Crippen molar-refractivity contribution in [1.82, 2.24) is 0 Å². The minimum Gasteiger partial charge on any atom is -0.481 e. The third-order valence-corrected chi connectivity index (χ3v) is 10.6. The summed E-state index contributed by atoms with van der Waals surface area (Å²) in [6, 6.07) is 0. The Kier molecular flexibility index (Phi) is 6.08. The number of rotatable bonds is 8. The zero-order valence-corrected chi connectivity index (χ0v) is 21.1. The number of Topliss-reactive ketones (excluding diaryl/α,β-unsaturated/α-hetero) is 1. The molecule has 8 atom stereocenters. The molecule has 7 nitrogen and oxygen atoms in total. The summed E-state index contributed by atoms with van der Waals surface area (Å²) in [4.78, 5) is 36.8. The summed E-state index contributed by atoms with van der Waals surface area (Å²) in [6.45, 7) is 10.3. The van der Waals surface area contributed by atoms with Crippen LogP contribution in [0.2, 0.25) is 0 Å². The molecular weight excluding hydrogens is 436 g/mol. The summed E-state index contributed by atoms with van der Waals surface area (Å²) in [5, 5.41) is 29.0. The van der Waals surface area contributed by atoms with Gasteiger partial charge in [-0.2, -0.15) is 0 Å². The normalized spacial score (nSPS) is 44.1. The van der Waals surface area contributed by atoms with E-state index in [0.717, 1.165) is 24.0 Å². The summed E-state index contributed by atoms with van der Waals surface area (Å²) in [5.74, 6) is -1.32. The molecule has 0 aromatic heterocycles. The number of aliphatic hydroxyl groups excluding tert-OH is 1. The van der Waals surface area contributed by atoms with Gasteiger partial charge in [0.15, 0.2) is 5.78 Å². The molecule has 3 N–H and O–H groups in total. The lowest BCUT2D eigenvalue weighted by Crippen LogP contribution is -2.54. The largest absolute Gasteiger partial charge is 0.481 e. The van der Waals surface area contributed by atoms with Crippen molar-refractivity contribution in [3.8, 4) is 0 Å². The van der Waals surface area contributed by atoms with Gasteiger partial charge in [-0.1, -0.05) is 27.7 Å². The lowest BCUT2D eigenvalue weighted by atomic mass is 9.46. The monoisotopic (exact) mass is 476 g/mol. The Hall–Kier alpha value is -1.73. The van der Waals surface area contributed by atoms with Crippen LogP contribution in [0.15, 0.2) is 11.1 Å². The second-order valence-electron chi connectivity index (χ2n) is 12.4. The summed E-state index contributed by atoms with van der Waals surface area (Å²) in [5.41, 5.74) is -0.296. The number of aliphatic carboxylic acids is 2. The van der Waals surface area contributed by atoms with Crippen LogP contribution in [0.25, 0.3) is 0 Å². The van der Waals surface area contributed by atoms with Gasteiger partial charge >= 0.3 is 11.9 Å². The fourth-order valence-electron chi connectivity index (χ4n) is 8.70. The lowest BCUT2D eigenvalue weighted by molar-refractivity contribution is -0.139. The van der Waals surface area contributed by atoms with Crippen molar-refractivity contribution < 1.29 is 34.4 Å². The highest BCUT2D eigenvalue weighted by Crippen LogP contribution is 2.72. The fraction of sp³-hybridized carbons (Fsp3) is 0.815. The minimum atomic E-state index is -0.886. The van der Waals surface area contributed by atoms with Crippen LogP contribution in [0.3, 0.4) is 0 Å². The molecule has 1 saturated carbocycles. The maximum absolute atomic E-state index is 14.0. The Balaban J connectivity index is 1.82. The Morgan fingerprint density at radius 2 is 1.76 bits per heavy atom. The van der Waals surface area contributed by atoms with Gasteiger partial charge in [-0.15, -0.1) is 0 Å². The van der Waals surface area contributed by atoms with Crippen molar-refractivity contribution in [2.75, 3.05) is 6.61 Å². The van der Waals surface area contributed by atoms with E-state index >= 15 is 0 Å². The molecule has 0 aromatic rings. The number of hydrogen-bond acceptors (Lipinski definition) is 5. The minimum absolute atomic E-state index is 0.0356. The number of allylic oxidation sites excluding steroid dienone is 1. The molecule has 1 heterocycles. The van der Waals surface area contributed by atoms with E-state index in [9.17, 15) is 29.7 Å². The van der Waals surface area contributed by atoms with Crippen molar-refractivity contribution in [2.45, 2.75) is 97.7 Å². The second kappa shape index (κ2) is 8.16. The topological polar surface area (TPSA) is 121 Å². The van der Waals surface area contributed by atoms with E-state index in [1.54, 1.807) is 0 Å². The average molecular weight is 477 g/mol. The van der Waals surface area contributed by atoms with Crippen molar-refractivity contribution in [1.29, 1.82) is 0 Å². The van der Waals surface area contributed by atoms with E-state index in [4.69, 9.17) is 4.74 Å². The molecule has 2 fully saturated rings. The molecule has 190 valence electrons. The Morgan fingerprint density at radius 3 is 2.35 bits per heavy atom. The Labute approximate surface area is 201 Å². The van der Waals surface area contributed by atoms with Gasteiger partial charge in [0.1, 0.15) is 0 Å². The molecular formula is C27H40O7. The molecule has 4 rings (SSSR count). The third kappa shape index (κ3) is 3.41. The molecule has 4 aliphatic rings. The first kappa shape index (κ1) is 25.4. The summed E-state index contributed by atoms with van der Waals surface area (Å²) in [7, 11) is 0. The average Bonchev–Trinajstić information content (AvgIpc) is 3.21. The quantitative estimate of drug-likeness (QED) is 0.479. The zero-order valence-electron chi connectivity index (χ0n) is 21.1. The lowest BCUT2D eigenvalue weighted by Gasteiger charge is -2.56. The second-order valence-corrected chi connectivity index (χ2v) is 12.4. The summed E-state index contributed by atoms with van der Waals surface area (Å²) in [6.07, 6.45) is 3.67. The fourth-order valence-corrected chi connectivity index (χ4v) is 8.70. The van der Waals surface area contributed by atoms with Gasteiger partial charge in [-0.05, 0) is 67.3 Å². The van der Waals surface area contributed by atoms with Crippen molar-refractivity contribution >= 4 is 17.7 Å². The Morgan fingerprint density at radius 1 is 1.12 bits per heavy atom. The van der Waals surface area contributed by atoms with E-state index in [1.807, 2.05) is 13.8 Å². The molecule has 0 aromatic carbocycles. The zero-order chi connectivity index (χ0) is 25.3. The first-order valence-corrected chi connectivity index (χ1v) is 12.7. The number of carboxylic acid groups (broad SMARTS) is 2. The SMILES string of the molecule is C[C@H](CCC(=O)O)[C@H]1CC[C@@]2(C)C3=C(C(=O)C[C@]12C)[C@@](C)(CCC(=O)O)[C@H]1C[C@@H]3O[C@]1(C)CO. The summed E-state index contributed by atoms with van der Waals surface area (Å²) < 4.78 is 6.55. The van der Waals surface area contributed by atoms with E-state index in [2.05, 4.69) is 20.8 Å². The number of ether oxygens (including phenoxy) is 1. The van der Waals surface area contributed by atoms with Gasteiger partial charge in [0.05, 0.1) is 18.3 Å². The molecule has 1 aliphatic heterocycles. The highest BCUT2D eigenvalue weighted by Gasteiger charge is 2.69. The molecule has 0 unspecified atom stereocenters. The van der Waals surface area contributed by atoms with Crippen molar-refractivity contribution in [3.63, 3.8) is 0 Å². The van der Waals surface area contributed by atoms with Gasteiger partial charge in [-0.3, -0.25) is 14.4 Å². The molecule has 34 heavy (non-hydrogen) atoms. The van der Waals surface area contributed by atoms with Crippen LogP contribution in [0.4, 0.5) is 0 Å². The van der Waals surface area contributed by atoms with Crippen LogP contribution < -0.4 is 0 Å². The van der Waals surface area contributed by atoms with Crippen LogP contribution in [0.5, 0.6) is 0 Å². The van der Waals surface area contributed by atoms with E-state index in [-0.39, 0.29) is 59.9 Å². The van der Waals surface area contributed by atoms with Gasteiger partial charge < -0.3 is 20.1 Å². The standard InChI is InChI=1S/C27H40O7/c1-15(6-7-20(30)31)16-8-11-25(3)23-18-12-19(27(5,14-28)34-18)24(2,10-9-21(32)33)22(23)17(29)13-26(16,25)4/h15-16,18-19,28H,6-14H2,1-5H3,(H,30,31)(H,32,33)/t15-,16-,18+,19-,24+,25+,26-,27-/m1/s1. The smallest absolute Gasteiger partial charge is 0.303 e. The maximum Gasteiger partial charge on any atom is 0.303 e. The third-order valence-electron chi connectivity index (χ3n) is 10.6. The van der Waals surface area contributed by atoms with Crippen molar-refractivity contribution in [3.05, 3.63) is 11.1 Å².